The van der Waals surface area contributed by atoms with Crippen LogP contribution < -0.4 is 11.3 Å². The first-order valence-electron chi connectivity index (χ1n) is 8.27. The number of nitrogens with two attached hydrogens (primary N) is 1. The van der Waals surface area contributed by atoms with Gasteiger partial charge in [-0.1, -0.05) is 18.2 Å². The first kappa shape index (κ1) is 17.0. The van der Waals surface area contributed by atoms with Crippen LogP contribution in [-0.2, 0) is 19.4 Å². The zero-order valence-corrected chi connectivity index (χ0v) is 13.9. The van der Waals surface area contributed by atoms with Crippen LogP contribution in [0.5, 0.6) is 0 Å². The van der Waals surface area contributed by atoms with Crippen LogP contribution in [0, 0.1) is 0 Å². The van der Waals surface area contributed by atoms with Crippen molar-refractivity contribution in [1.82, 2.24) is 9.55 Å². The van der Waals surface area contributed by atoms with Gasteiger partial charge in [-0.05, 0) is 43.0 Å². The van der Waals surface area contributed by atoms with Gasteiger partial charge >= 0.3 is 0 Å². The predicted octanol–water partition coefficient (Wildman–Crippen LogP) is 2.25. The Labute approximate surface area is 145 Å². The number of aliphatic hydroxyl groups excluding tert-OH is 1. The molecule has 0 spiro atoms. The summed E-state index contributed by atoms with van der Waals surface area (Å²) in [5.74, 6) is 1.02. The maximum atomic E-state index is 12.1. The molecule has 3 N–H and O–H groups in total. The van der Waals surface area contributed by atoms with E-state index in [1.54, 1.807) is 6.26 Å². The molecule has 0 aliphatic carbocycles. The van der Waals surface area contributed by atoms with E-state index in [4.69, 9.17) is 15.3 Å². The lowest BCUT2D eigenvalue weighted by molar-refractivity contribution is 0.279. The predicted molar refractivity (Wildman–Crippen MR) is 96.2 cm³/mol. The van der Waals surface area contributed by atoms with Crippen molar-refractivity contribution in [3.63, 3.8) is 0 Å². The van der Waals surface area contributed by atoms with Gasteiger partial charge in [-0.2, -0.15) is 0 Å². The molecule has 3 rings (SSSR count). The van der Waals surface area contributed by atoms with Gasteiger partial charge in [0.15, 0.2) is 0 Å². The molecule has 0 saturated heterocycles. The molecule has 0 atom stereocenters. The molecule has 0 fully saturated rings. The molecule has 0 radical (unpaired) electrons. The molecular formula is C19H21N3O3. The molecule has 0 amide bonds. The number of rotatable bonds is 7. The number of nitrogen functional groups attached to an aromatic ring is 1. The van der Waals surface area contributed by atoms with Crippen LogP contribution >= 0.6 is 0 Å². The van der Waals surface area contributed by atoms with E-state index in [9.17, 15) is 4.79 Å². The molecule has 0 bridgehead atoms. The standard InChI is InChI=1S/C19H21N3O3/c20-19-21-16(13-18(24)22(19)9-3-10-23)8-7-14-4-1-5-15(12-14)17-6-2-11-25-17/h1-2,4-6,11-13,23H,3,7-10H2,(H2,20,21). The third-order valence-corrected chi connectivity index (χ3v) is 4.03. The van der Waals surface area contributed by atoms with Crippen molar-refractivity contribution in [2.45, 2.75) is 25.8 Å². The second-order valence-corrected chi connectivity index (χ2v) is 5.85. The minimum absolute atomic E-state index is 0.0135. The minimum Gasteiger partial charge on any atom is -0.464 e. The Hall–Kier alpha value is -2.86. The molecular weight excluding hydrogens is 318 g/mol. The highest BCUT2D eigenvalue weighted by molar-refractivity contribution is 5.58. The molecule has 1 aromatic carbocycles. The van der Waals surface area contributed by atoms with Crippen LogP contribution in [0.3, 0.4) is 0 Å². The van der Waals surface area contributed by atoms with Crippen molar-refractivity contribution in [2.24, 2.45) is 0 Å². The Morgan fingerprint density at radius 1 is 1.16 bits per heavy atom. The number of aryl methyl sites for hydroxylation is 2. The number of aliphatic hydroxyl groups is 1. The monoisotopic (exact) mass is 339 g/mol. The summed E-state index contributed by atoms with van der Waals surface area (Å²) in [4.78, 5) is 16.5. The fraction of sp³-hybridized carbons (Fsp3) is 0.263. The minimum atomic E-state index is -0.180. The Balaban J connectivity index is 1.72. The number of anilines is 1. The molecule has 130 valence electrons. The summed E-state index contributed by atoms with van der Waals surface area (Å²) in [5, 5.41) is 8.88. The van der Waals surface area contributed by atoms with E-state index < -0.39 is 0 Å². The van der Waals surface area contributed by atoms with Crippen LogP contribution in [0.1, 0.15) is 17.7 Å². The molecule has 3 aromatic rings. The molecule has 6 heteroatoms. The molecule has 0 aliphatic heterocycles. The van der Waals surface area contributed by atoms with E-state index in [2.05, 4.69) is 11.1 Å². The Morgan fingerprint density at radius 2 is 2.04 bits per heavy atom. The SMILES string of the molecule is Nc1nc(CCc2cccc(-c3ccco3)c2)cc(=O)n1CCCO. The number of aromatic nitrogens is 2. The quantitative estimate of drug-likeness (QED) is 0.688. The summed E-state index contributed by atoms with van der Waals surface area (Å²) >= 11 is 0. The van der Waals surface area contributed by atoms with Gasteiger partial charge in [0.25, 0.3) is 5.56 Å². The second kappa shape index (κ2) is 7.81. The van der Waals surface area contributed by atoms with Crippen molar-refractivity contribution in [1.29, 1.82) is 0 Å². The fourth-order valence-electron chi connectivity index (χ4n) is 2.75. The van der Waals surface area contributed by atoms with Crippen molar-refractivity contribution >= 4 is 5.95 Å². The van der Waals surface area contributed by atoms with Crippen molar-refractivity contribution < 1.29 is 9.52 Å². The smallest absolute Gasteiger partial charge is 0.255 e. The zero-order valence-electron chi connectivity index (χ0n) is 13.9. The number of nitrogens with zero attached hydrogens (tertiary/aromatic N) is 2. The molecule has 25 heavy (non-hydrogen) atoms. The average Bonchev–Trinajstić information content (AvgIpc) is 3.14. The van der Waals surface area contributed by atoms with Gasteiger partial charge in [-0.15, -0.1) is 0 Å². The third kappa shape index (κ3) is 4.16. The maximum absolute atomic E-state index is 12.1. The average molecular weight is 339 g/mol. The van der Waals surface area contributed by atoms with Crippen LogP contribution in [0.15, 0.2) is 57.9 Å². The highest BCUT2D eigenvalue weighted by Crippen LogP contribution is 2.21. The largest absolute Gasteiger partial charge is 0.464 e. The van der Waals surface area contributed by atoms with Crippen molar-refractivity contribution in [2.75, 3.05) is 12.3 Å². The van der Waals surface area contributed by atoms with E-state index >= 15 is 0 Å². The van der Waals surface area contributed by atoms with Gasteiger partial charge in [0.05, 0.1) is 12.0 Å². The van der Waals surface area contributed by atoms with Gasteiger partial charge in [0, 0.05) is 24.8 Å². The second-order valence-electron chi connectivity index (χ2n) is 5.85. The number of hydrogen-bond acceptors (Lipinski definition) is 5. The summed E-state index contributed by atoms with van der Waals surface area (Å²) in [6, 6.07) is 13.4. The number of hydrogen-bond donors (Lipinski definition) is 2. The molecule has 2 heterocycles. The van der Waals surface area contributed by atoms with Crippen molar-refractivity contribution in [3.05, 3.63) is 70.3 Å². The lowest BCUT2D eigenvalue weighted by atomic mass is 10.0. The van der Waals surface area contributed by atoms with Gasteiger partial charge in [0.1, 0.15) is 5.76 Å². The molecule has 6 nitrogen and oxygen atoms in total. The lowest BCUT2D eigenvalue weighted by Gasteiger charge is -2.09. The summed E-state index contributed by atoms with van der Waals surface area (Å²) in [6.07, 6.45) is 3.51. The normalized spacial score (nSPS) is 10.9. The lowest BCUT2D eigenvalue weighted by Crippen LogP contribution is -2.25. The number of furan rings is 1. The summed E-state index contributed by atoms with van der Waals surface area (Å²) in [7, 11) is 0. The van der Waals surface area contributed by atoms with Gasteiger partial charge in [-0.25, -0.2) is 4.98 Å². The van der Waals surface area contributed by atoms with Gasteiger partial charge in [0.2, 0.25) is 5.95 Å². The first-order chi connectivity index (χ1) is 12.2. The van der Waals surface area contributed by atoms with Crippen LogP contribution in [0.4, 0.5) is 5.95 Å². The summed E-state index contributed by atoms with van der Waals surface area (Å²) in [6.45, 7) is 0.388. The van der Waals surface area contributed by atoms with E-state index in [-0.39, 0.29) is 18.1 Å². The van der Waals surface area contributed by atoms with Gasteiger partial charge < -0.3 is 15.3 Å². The number of benzene rings is 1. The summed E-state index contributed by atoms with van der Waals surface area (Å²) in [5.41, 5.74) is 8.53. The van der Waals surface area contributed by atoms with E-state index in [0.29, 0.717) is 25.1 Å². The summed E-state index contributed by atoms with van der Waals surface area (Å²) < 4.78 is 6.81. The first-order valence-corrected chi connectivity index (χ1v) is 8.27. The third-order valence-electron chi connectivity index (χ3n) is 4.03. The van der Waals surface area contributed by atoms with E-state index in [0.717, 1.165) is 23.3 Å². The molecule has 0 aliphatic rings. The van der Waals surface area contributed by atoms with E-state index in [1.165, 1.54) is 10.6 Å². The van der Waals surface area contributed by atoms with Crippen molar-refractivity contribution in [3.8, 4) is 11.3 Å². The Morgan fingerprint density at radius 3 is 2.76 bits per heavy atom. The van der Waals surface area contributed by atoms with Crippen LogP contribution in [-0.4, -0.2) is 21.3 Å². The van der Waals surface area contributed by atoms with Gasteiger partial charge in [-0.3, -0.25) is 9.36 Å². The van der Waals surface area contributed by atoms with Crippen LogP contribution in [0.2, 0.25) is 0 Å². The van der Waals surface area contributed by atoms with E-state index in [1.807, 2.05) is 30.3 Å². The topological polar surface area (TPSA) is 94.3 Å². The highest BCUT2D eigenvalue weighted by Gasteiger charge is 2.07. The van der Waals surface area contributed by atoms with Crippen LogP contribution in [0.25, 0.3) is 11.3 Å². The molecule has 2 aromatic heterocycles. The highest BCUT2D eigenvalue weighted by atomic mass is 16.3. The maximum Gasteiger partial charge on any atom is 0.255 e. The zero-order chi connectivity index (χ0) is 17.6. The fourth-order valence-corrected chi connectivity index (χ4v) is 2.75. The Kier molecular flexibility index (Phi) is 5.30. The molecule has 0 unspecified atom stereocenters. The Bertz CT molecular complexity index is 885. The molecule has 0 saturated carbocycles.